The summed E-state index contributed by atoms with van der Waals surface area (Å²) in [5.74, 6) is 1.75. The van der Waals surface area contributed by atoms with Crippen molar-refractivity contribution < 1.29 is 29.0 Å². The fourth-order valence-corrected chi connectivity index (χ4v) is 8.69. The van der Waals surface area contributed by atoms with Crippen molar-refractivity contribution in [1.29, 1.82) is 0 Å². The van der Waals surface area contributed by atoms with E-state index in [4.69, 9.17) is 9.72 Å². The van der Waals surface area contributed by atoms with E-state index in [0.717, 1.165) is 71.0 Å². The highest BCUT2D eigenvalue weighted by Crippen LogP contribution is 2.54. The molecular formula is C41H48N8O6. The second-order valence-corrected chi connectivity index (χ2v) is 16.2. The summed E-state index contributed by atoms with van der Waals surface area (Å²) in [5.41, 5.74) is 5.77. The van der Waals surface area contributed by atoms with Crippen molar-refractivity contribution in [2.45, 2.75) is 89.6 Å². The van der Waals surface area contributed by atoms with Gasteiger partial charge in [0.05, 0.1) is 43.0 Å². The Hall–Kier alpha value is -5.66. The van der Waals surface area contributed by atoms with E-state index in [1.54, 1.807) is 6.20 Å². The summed E-state index contributed by atoms with van der Waals surface area (Å²) in [6.45, 7) is 7.53. The van der Waals surface area contributed by atoms with Gasteiger partial charge in [-0.1, -0.05) is 76.2 Å². The van der Waals surface area contributed by atoms with Gasteiger partial charge in [0.25, 0.3) is 0 Å². The van der Waals surface area contributed by atoms with Crippen LogP contribution < -0.4 is 10.6 Å². The van der Waals surface area contributed by atoms with Crippen LogP contribution in [0.25, 0.3) is 33.6 Å². The SMILES string of the molecule is COC(=O)N[C@@H](C(=O)N1C(c2ncc(-c3ccc(-c4ccc(-c5cnc([C@@H]6C[C@@H]7CC7N6C(=O)[C@H](NC(=O)O)C(C)C)[nH]5)cc4)cc3)[nH]2)CC2CC21)C(C)C. The molecule has 2 aromatic carbocycles. The average Bonchev–Trinajstić information content (AvgIpc) is 3.76. The minimum atomic E-state index is -1.20. The van der Waals surface area contributed by atoms with E-state index in [9.17, 15) is 24.3 Å². The van der Waals surface area contributed by atoms with Crippen molar-refractivity contribution in [2.24, 2.45) is 23.7 Å². The lowest BCUT2D eigenvalue weighted by Crippen LogP contribution is -2.52. The Morgan fingerprint density at radius 3 is 1.45 bits per heavy atom. The van der Waals surface area contributed by atoms with E-state index in [1.165, 1.54) is 7.11 Å². The number of methoxy groups -OCH3 is 1. The summed E-state index contributed by atoms with van der Waals surface area (Å²) in [6, 6.07) is 14.9. The molecule has 0 radical (unpaired) electrons. The molecule has 14 nitrogen and oxygen atoms in total. The van der Waals surface area contributed by atoms with Crippen molar-refractivity contribution in [2.75, 3.05) is 7.11 Å². The van der Waals surface area contributed by atoms with Gasteiger partial charge in [-0.25, -0.2) is 19.6 Å². The van der Waals surface area contributed by atoms with Crippen LogP contribution in [0.1, 0.15) is 77.1 Å². The molecule has 2 aliphatic heterocycles. The minimum absolute atomic E-state index is 0.0999. The quantitative estimate of drug-likeness (QED) is 0.121. The van der Waals surface area contributed by atoms with Gasteiger partial charge in [-0.2, -0.15) is 0 Å². The molecule has 4 unspecified atom stereocenters. The fourth-order valence-electron chi connectivity index (χ4n) is 8.69. The molecule has 8 rings (SSSR count). The summed E-state index contributed by atoms with van der Waals surface area (Å²) in [6.07, 6.45) is 5.36. The maximum absolute atomic E-state index is 13.8. The number of rotatable bonds is 11. The molecule has 5 N–H and O–H groups in total. The van der Waals surface area contributed by atoms with E-state index in [2.05, 4.69) is 62.0 Å². The van der Waals surface area contributed by atoms with Crippen LogP contribution in [0.3, 0.4) is 0 Å². The number of hydrogen-bond donors (Lipinski definition) is 5. The van der Waals surface area contributed by atoms with Crippen LogP contribution in [-0.4, -0.2) is 90.1 Å². The molecule has 2 aliphatic carbocycles. The van der Waals surface area contributed by atoms with Gasteiger partial charge in [0, 0.05) is 12.1 Å². The lowest BCUT2D eigenvalue weighted by molar-refractivity contribution is -0.137. The molecule has 4 aliphatic rings. The molecule has 288 valence electrons. The summed E-state index contributed by atoms with van der Waals surface area (Å²) < 4.78 is 4.79. The number of aromatic amines is 2. The highest BCUT2D eigenvalue weighted by atomic mass is 16.5. The van der Waals surface area contributed by atoms with Crippen LogP contribution in [-0.2, 0) is 14.3 Å². The average molecular weight is 749 g/mol. The number of carboxylic acid groups (broad SMARTS) is 1. The van der Waals surface area contributed by atoms with Gasteiger partial charge in [0.15, 0.2) is 0 Å². The maximum Gasteiger partial charge on any atom is 0.407 e. The first kappa shape index (κ1) is 36.3. The number of nitrogens with zero attached hydrogens (tertiary/aromatic N) is 4. The van der Waals surface area contributed by atoms with Gasteiger partial charge < -0.3 is 40.2 Å². The second kappa shape index (κ2) is 14.2. The van der Waals surface area contributed by atoms with Crippen LogP contribution in [0, 0.1) is 23.7 Å². The number of carbonyl (C=O) groups excluding carboxylic acids is 3. The predicted molar refractivity (Wildman–Crippen MR) is 203 cm³/mol. The number of hydrogen-bond acceptors (Lipinski definition) is 7. The van der Waals surface area contributed by atoms with Gasteiger partial charge in [-0.05, 0) is 71.6 Å². The molecule has 4 amide bonds. The number of imidazole rings is 2. The number of benzene rings is 2. The molecule has 14 heteroatoms. The van der Waals surface area contributed by atoms with Crippen LogP contribution in [0.2, 0.25) is 0 Å². The maximum atomic E-state index is 13.8. The monoisotopic (exact) mass is 748 g/mol. The number of fused-ring (bicyclic) bond motifs is 2. The Kier molecular flexibility index (Phi) is 9.38. The smallest absolute Gasteiger partial charge is 0.407 e. The van der Waals surface area contributed by atoms with E-state index in [1.807, 2.05) is 55.8 Å². The Labute approximate surface area is 319 Å². The highest BCUT2D eigenvalue weighted by molar-refractivity contribution is 5.88. The molecule has 2 saturated heterocycles. The summed E-state index contributed by atoms with van der Waals surface area (Å²) in [5, 5.41) is 14.5. The number of likely N-dealkylation sites (tertiary alicyclic amines) is 2. The largest absolute Gasteiger partial charge is 0.465 e. The van der Waals surface area contributed by atoms with E-state index in [-0.39, 0.29) is 47.8 Å². The topological polar surface area (TPSA) is 186 Å². The molecule has 2 aromatic heterocycles. The minimum Gasteiger partial charge on any atom is -0.465 e. The Morgan fingerprint density at radius 1 is 0.673 bits per heavy atom. The Bertz CT molecular complexity index is 2090. The molecule has 4 heterocycles. The van der Waals surface area contributed by atoms with Crippen LogP contribution in [0.15, 0.2) is 60.9 Å². The third-order valence-electron chi connectivity index (χ3n) is 11.9. The molecule has 4 aromatic rings. The Balaban J connectivity index is 0.933. The number of ether oxygens (including phenoxy) is 1. The summed E-state index contributed by atoms with van der Waals surface area (Å²) >= 11 is 0. The van der Waals surface area contributed by atoms with E-state index in [0.29, 0.717) is 11.8 Å². The highest BCUT2D eigenvalue weighted by Gasteiger charge is 2.57. The first-order valence-corrected chi connectivity index (χ1v) is 19.2. The van der Waals surface area contributed by atoms with Crippen LogP contribution in [0.4, 0.5) is 9.59 Å². The zero-order valence-corrected chi connectivity index (χ0v) is 31.7. The first-order chi connectivity index (χ1) is 26.4. The van der Waals surface area contributed by atoms with Crippen molar-refractivity contribution >= 4 is 24.0 Å². The van der Waals surface area contributed by atoms with Gasteiger partial charge >= 0.3 is 12.2 Å². The van der Waals surface area contributed by atoms with Crippen molar-refractivity contribution in [3.05, 3.63) is 72.6 Å². The summed E-state index contributed by atoms with van der Waals surface area (Å²) in [4.78, 5) is 70.9. The zero-order chi connectivity index (χ0) is 38.7. The molecule has 55 heavy (non-hydrogen) atoms. The third-order valence-corrected chi connectivity index (χ3v) is 11.9. The molecule has 2 saturated carbocycles. The third kappa shape index (κ3) is 6.94. The predicted octanol–water partition coefficient (Wildman–Crippen LogP) is 6.13. The summed E-state index contributed by atoms with van der Waals surface area (Å²) in [7, 11) is 1.30. The fraction of sp³-hybridized carbons (Fsp3) is 0.463. The van der Waals surface area contributed by atoms with Gasteiger partial charge in [-0.15, -0.1) is 0 Å². The van der Waals surface area contributed by atoms with Crippen molar-refractivity contribution in [3.8, 4) is 33.6 Å². The number of H-pyrrole nitrogens is 2. The normalized spacial score (nSPS) is 24.6. The molecule has 0 bridgehead atoms. The van der Waals surface area contributed by atoms with Crippen LogP contribution in [0.5, 0.6) is 0 Å². The van der Waals surface area contributed by atoms with E-state index < -0.39 is 24.3 Å². The number of nitrogens with one attached hydrogen (secondary N) is 4. The number of aromatic nitrogens is 4. The van der Waals surface area contributed by atoms with Gasteiger partial charge in [-0.3, -0.25) is 9.59 Å². The number of piperidine rings is 2. The second-order valence-electron chi connectivity index (χ2n) is 16.2. The van der Waals surface area contributed by atoms with Gasteiger partial charge in [0.2, 0.25) is 11.8 Å². The first-order valence-electron chi connectivity index (χ1n) is 19.2. The van der Waals surface area contributed by atoms with Crippen molar-refractivity contribution in [3.63, 3.8) is 0 Å². The van der Waals surface area contributed by atoms with Crippen LogP contribution >= 0.6 is 0 Å². The molecular weight excluding hydrogens is 701 g/mol. The lowest BCUT2D eigenvalue weighted by atomic mass is 10.0. The molecule has 4 fully saturated rings. The number of carbonyl (C=O) groups is 4. The standard InChI is InChI=1S/C41H48N8O6/c1-20(2)34(46-40(52)53)38(50)48-30-14-26(30)16-32(48)36-42-18-28(44-36)24-10-6-22(7-11-24)23-8-12-25(13-9-23)29-19-43-37(45-29)33-17-27-15-31(27)49(33)39(51)35(21(3)4)47-41(54)55-5/h6-13,18-21,26-27,30-35,46H,14-17H2,1-5H3,(H,42,44)(H,43,45)(H,47,54)(H,52,53)/t26-,27?,30?,31?,32-,33?,34+,35+/m0/s1. The van der Waals surface area contributed by atoms with E-state index >= 15 is 0 Å². The number of amides is 4. The lowest BCUT2D eigenvalue weighted by Gasteiger charge is -2.31. The Morgan fingerprint density at radius 2 is 1.07 bits per heavy atom. The zero-order valence-electron chi connectivity index (χ0n) is 31.7. The molecule has 0 spiro atoms. The number of alkyl carbamates (subject to hydrolysis) is 1. The van der Waals surface area contributed by atoms with Gasteiger partial charge in [0.1, 0.15) is 23.7 Å². The van der Waals surface area contributed by atoms with Crippen molar-refractivity contribution in [1.82, 2.24) is 40.4 Å². The molecule has 8 atom stereocenters.